The first-order chi connectivity index (χ1) is 9.83. The van der Waals surface area contributed by atoms with Crippen LogP contribution in [-0.2, 0) is 14.8 Å². The summed E-state index contributed by atoms with van der Waals surface area (Å²) >= 11 is 0. The molecule has 0 aromatic carbocycles. The Bertz CT molecular complexity index is 477. The second-order valence-corrected chi connectivity index (χ2v) is 6.97. The molecule has 22 heavy (non-hydrogen) atoms. The monoisotopic (exact) mass is 355 g/mol. The lowest BCUT2D eigenvalue weighted by Crippen LogP contribution is -2.41. The Hall–Kier alpha value is -1.06. The van der Waals surface area contributed by atoms with E-state index in [0.717, 1.165) is 45.0 Å². The molecule has 1 atom stereocenters. The van der Waals surface area contributed by atoms with Gasteiger partial charge in [-0.05, 0) is 38.6 Å². The number of hydrogen-bond acceptors (Lipinski definition) is 5. The minimum Gasteiger partial charge on any atom is -0.369 e. The van der Waals surface area contributed by atoms with E-state index in [9.17, 15) is 13.2 Å². The Morgan fingerprint density at radius 1 is 1.32 bits per heavy atom. The van der Waals surface area contributed by atoms with E-state index in [0.29, 0.717) is 13.0 Å². The summed E-state index contributed by atoms with van der Waals surface area (Å²) in [7, 11) is -3.49. The molecular weight excluding hydrogens is 330 g/mol. The van der Waals surface area contributed by atoms with Crippen molar-refractivity contribution in [2.45, 2.75) is 38.1 Å². The zero-order valence-electron chi connectivity index (χ0n) is 12.8. The van der Waals surface area contributed by atoms with Crippen LogP contribution in [0.3, 0.4) is 0 Å². The van der Waals surface area contributed by atoms with Crippen LogP contribution in [-0.4, -0.2) is 57.1 Å². The number of likely N-dealkylation sites (tertiary alicyclic amines) is 1. The summed E-state index contributed by atoms with van der Waals surface area (Å²) in [6.45, 7) is 1.99. The summed E-state index contributed by atoms with van der Waals surface area (Å²) in [6.07, 6.45) is 5.01. The molecule has 10 heteroatoms. The van der Waals surface area contributed by atoms with Crippen LogP contribution < -0.4 is 16.2 Å². The van der Waals surface area contributed by atoms with Crippen molar-refractivity contribution in [3.8, 4) is 0 Å². The van der Waals surface area contributed by atoms with Crippen molar-refractivity contribution in [2.75, 3.05) is 25.9 Å². The molecule has 1 aliphatic rings. The van der Waals surface area contributed by atoms with Gasteiger partial charge >= 0.3 is 0 Å². The van der Waals surface area contributed by atoms with Crippen LogP contribution in [0.15, 0.2) is 4.99 Å². The number of sulfonamides is 1. The van der Waals surface area contributed by atoms with Crippen LogP contribution >= 0.6 is 12.4 Å². The number of nitrogens with one attached hydrogen (secondary N) is 1. The van der Waals surface area contributed by atoms with Crippen LogP contribution in [0.25, 0.3) is 0 Å². The van der Waals surface area contributed by atoms with Crippen molar-refractivity contribution in [1.82, 2.24) is 9.62 Å². The molecule has 1 fully saturated rings. The second kappa shape index (κ2) is 9.86. The smallest absolute Gasteiger partial charge is 0.247 e. The minimum atomic E-state index is -3.49. The van der Waals surface area contributed by atoms with Gasteiger partial charge < -0.3 is 16.4 Å². The number of rotatable bonds is 7. The summed E-state index contributed by atoms with van der Waals surface area (Å²) in [5.41, 5.74) is 11.0. The van der Waals surface area contributed by atoms with Gasteiger partial charge in [0, 0.05) is 13.1 Å². The van der Waals surface area contributed by atoms with E-state index >= 15 is 0 Å². The molecule has 0 spiro atoms. The zero-order chi connectivity index (χ0) is 15.9. The van der Waals surface area contributed by atoms with Crippen molar-refractivity contribution in [3.63, 3.8) is 0 Å². The molecular formula is C12H26ClN5O3S. The Balaban J connectivity index is 0.00000441. The van der Waals surface area contributed by atoms with Gasteiger partial charge in [-0.3, -0.25) is 9.52 Å². The van der Waals surface area contributed by atoms with Crippen molar-refractivity contribution in [3.05, 3.63) is 0 Å². The lowest BCUT2D eigenvalue weighted by atomic mass is 10.1. The quantitative estimate of drug-likeness (QED) is 0.318. The molecule has 0 bridgehead atoms. The standard InChI is InChI=1S/C12H25N5O3S.ClH/c1-21(19,20)16-12(14)15-10(6-2-3-7-13)11(18)17-8-4-5-9-17;/h10H,2-9,13H2,1H3,(H3,14,15,16);1H/t10-;/m0./s1. The summed E-state index contributed by atoms with van der Waals surface area (Å²) in [5.74, 6) is -0.342. The molecule has 1 aliphatic heterocycles. The van der Waals surface area contributed by atoms with E-state index in [4.69, 9.17) is 11.5 Å². The Morgan fingerprint density at radius 3 is 2.41 bits per heavy atom. The highest BCUT2D eigenvalue weighted by Crippen LogP contribution is 2.14. The van der Waals surface area contributed by atoms with Crippen LogP contribution in [0.4, 0.5) is 0 Å². The number of aliphatic imine (C=N–C) groups is 1. The maximum Gasteiger partial charge on any atom is 0.247 e. The molecule has 1 rings (SSSR count). The third kappa shape index (κ3) is 7.81. The number of guanidine groups is 1. The number of nitrogens with two attached hydrogens (primary N) is 2. The predicted molar refractivity (Wildman–Crippen MR) is 89.4 cm³/mol. The molecule has 0 unspecified atom stereocenters. The van der Waals surface area contributed by atoms with E-state index in [2.05, 4.69) is 9.71 Å². The number of hydrogen-bond donors (Lipinski definition) is 3. The molecule has 130 valence electrons. The number of halogens is 1. The third-order valence-corrected chi connectivity index (χ3v) is 3.80. The fourth-order valence-corrected chi connectivity index (χ4v) is 2.69. The molecule has 5 N–H and O–H groups in total. The first-order valence-corrected chi connectivity index (χ1v) is 9.02. The van der Waals surface area contributed by atoms with E-state index in [1.807, 2.05) is 0 Å². The topological polar surface area (TPSA) is 131 Å². The summed E-state index contributed by atoms with van der Waals surface area (Å²) < 4.78 is 24.3. The van der Waals surface area contributed by atoms with Gasteiger partial charge in [-0.1, -0.05) is 0 Å². The van der Waals surface area contributed by atoms with Crippen molar-refractivity contribution in [2.24, 2.45) is 16.5 Å². The Labute approximate surface area is 138 Å². The molecule has 0 aromatic rings. The van der Waals surface area contributed by atoms with Gasteiger partial charge in [0.25, 0.3) is 0 Å². The van der Waals surface area contributed by atoms with Crippen LogP contribution in [0, 0.1) is 0 Å². The van der Waals surface area contributed by atoms with Gasteiger partial charge in [0.15, 0.2) is 0 Å². The number of nitrogens with zero attached hydrogens (tertiary/aromatic N) is 2. The van der Waals surface area contributed by atoms with Gasteiger partial charge in [-0.25, -0.2) is 13.4 Å². The van der Waals surface area contributed by atoms with E-state index < -0.39 is 16.1 Å². The van der Waals surface area contributed by atoms with Crippen molar-refractivity contribution < 1.29 is 13.2 Å². The van der Waals surface area contributed by atoms with E-state index in [1.54, 1.807) is 4.90 Å². The number of carbonyl (C=O) groups excluding carboxylic acids is 1. The highest BCUT2D eigenvalue weighted by atomic mass is 35.5. The Kier molecular flexibility index (Phi) is 9.38. The van der Waals surface area contributed by atoms with Gasteiger partial charge in [0.1, 0.15) is 6.04 Å². The first kappa shape index (κ1) is 20.9. The number of carbonyl (C=O) groups is 1. The van der Waals surface area contributed by atoms with Crippen LogP contribution in [0.2, 0.25) is 0 Å². The van der Waals surface area contributed by atoms with Crippen LogP contribution in [0.1, 0.15) is 32.1 Å². The lowest BCUT2D eigenvalue weighted by Gasteiger charge is -2.21. The maximum absolute atomic E-state index is 12.4. The molecule has 1 saturated heterocycles. The minimum absolute atomic E-state index is 0. The molecule has 1 amide bonds. The molecule has 0 aliphatic carbocycles. The molecule has 8 nitrogen and oxygen atoms in total. The van der Waals surface area contributed by atoms with E-state index in [-0.39, 0.29) is 24.3 Å². The fourth-order valence-electron chi connectivity index (χ4n) is 2.26. The van der Waals surface area contributed by atoms with Gasteiger partial charge in [-0.2, -0.15) is 0 Å². The maximum atomic E-state index is 12.4. The first-order valence-electron chi connectivity index (χ1n) is 7.13. The van der Waals surface area contributed by atoms with Crippen molar-refractivity contribution in [1.29, 1.82) is 0 Å². The normalized spacial score (nSPS) is 17.0. The van der Waals surface area contributed by atoms with Gasteiger partial charge in [-0.15, -0.1) is 12.4 Å². The highest BCUT2D eigenvalue weighted by molar-refractivity contribution is 7.89. The lowest BCUT2D eigenvalue weighted by molar-refractivity contribution is -0.131. The largest absolute Gasteiger partial charge is 0.369 e. The summed E-state index contributed by atoms with van der Waals surface area (Å²) in [6, 6.07) is -0.649. The highest BCUT2D eigenvalue weighted by Gasteiger charge is 2.26. The van der Waals surface area contributed by atoms with Gasteiger partial charge in [0.05, 0.1) is 6.26 Å². The molecule has 0 radical (unpaired) electrons. The molecule has 0 saturated carbocycles. The SMILES string of the molecule is CS(=O)(=O)NC(N)=N[C@@H](CCCCN)C(=O)N1CCCC1.Cl. The second-order valence-electron chi connectivity index (χ2n) is 5.22. The van der Waals surface area contributed by atoms with E-state index in [1.165, 1.54) is 0 Å². The van der Waals surface area contributed by atoms with Crippen LogP contribution in [0.5, 0.6) is 0 Å². The summed E-state index contributed by atoms with van der Waals surface area (Å²) in [5, 5.41) is 0. The third-order valence-electron chi connectivity index (χ3n) is 3.22. The number of unbranched alkanes of at least 4 members (excludes halogenated alkanes) is 1. The zero-order valence-corrected chi connectivity index (χ0v) is 14.5. The molecule has 1 heterocycles. The molecule has 0 aromatic heterocycles. The summed E-state index contributed by atoms with van der Waals surface area (Å²) in [4.78, 5) is 18.2. The van der Waals surface area contributed by atoms with Crippen molar-refractivity contribution >= 4 is 34.3 Å². The number of amides is 1. The fraction of sp³-hybridized carbons (Fsp3) is 0.833. The predicted octanol–water partition coefficient (Wildman–Crippen LogP) is -0.608. The van der Waals surface area contributed by atoms with Gasteiger partial charge in [0.2, 0.25) is 21.9 Å². The average molecular weight is 356 g/mol. The Morgan fingerprint density at radius 2 is 1.91 bits per heavy atom. The average Bonchev–Trinajstić information content (AvgIpc) is 2.88.